The van der Waals surface area contributed by atoms with Gasteiger partial charge in [0.05, 0.1) is 18.2 Å². The number of carbonyl (C=O) groups is 1. The molecular weight excluding hydrogens is 414 g/mol. The van der Waals surface area contributed by atoms with E-state index >= 15 is 0 Å². The van der Waals surface area contributed by atoms with E-state index in [9.17, 15) is 4.79 Å². The predicted molar refractivity (Wildman–Crippen MR) is 129 cm³/mol. The summed E-state index contributed by atoms with van der Waals surface area (Å²) in [5.41, 5.74) is 4.87. The number of nitrogens with zero attached hydrogens (tertiary/aromatic N) is 2. The molecule has 1 N–H and O–H groups in total. The summed E-state index contributed by atoms with van der Waals surface area (Å²) >= 11 is 0. The first-order valence-corrected chi connectivity index (χ1v) is 11.7. The summed E-state index contributed by atoms with van der Waals surface area (Å²) in [7, 11) is 0. The first-order valence-electron chi connectivity index (χ1n) is 11.7. The van der Waals surface area contributed by atoms with Crippen molar-refractivity contribution in [2.45, 2.75) is 59.7 Å². The number of ether oxygens (including phenoxy) is 1. The van der Waals surface area contributed by atoms with Crippen LogP contribution >= 0.6 is 0 Å². The van der Waals surface area contributed by atoms with E-state index in [1.165, 1.54) is 0 Å². The van der Waals surface area contributed by atoms with Crippen LogP contribution in [0.3, 0.4) is 0 Å². The second kappa shape index (κ2) is 10.1. The average Bonchev–Trinajstić information content (AvgIpc) is 3.10. The molecule has 33 heavy (non-hydrogen) atoms. The van der Waals surface area contributed by atoms with Crippen LogP contribution in [0, 0.1) is 19.8 Å². The molecule has 0 saturated heterocycles. The fourth-order valence-corrected chi connectivity index (χ4v) is 4.44. The summed E-state index contributed by atoms with van der Waals surface area (Å²) in [6.07, 6.45) is 1.12. The van der Waals surface area contributed by atoms with Crippen LogP contribution in [0.25, 0.3) is 0 Å². The fourth-order valence-electron chi connectivity index (χ4n) is 4.44. The molecule has 1 aromatic heterocycles. The van der Waals surface area contributed by atoms with E-state index in [4.69, 9.17) is 9.26 Å². The maximum atomic E-state index is 13.7. The number of rotatable bonds is 4. The van der Waals surface area contributed by atoms with Gasteiger partial charge in [0.1, 0.15) is 18.1 Å². The van der Waals surface area contributed by atoms with Gasteiger partial charge in [-0.25, -0.2) is 0 Å². The molecule has 0 fully saturated rings. The molecule has 0 aliphatic carbocycles. The molecule has 6 nitrogen and oxygen atoms in total. The molecule has 174 valence electrons. The highest BCUT2D eigenvalue weighted by Crippen LogP contribution is 2.27. The van der Waals surface area contributed by atoms with Gasteiger partial charge in [0, 0.05) is 29.9 Å². The van der Waals surface area contributed by atoms with Crippen LogP contribution in [0.1, 0.15) is 48.4 Å². The monoisotopic (exact) mass is 447 g/mol. The van der Waals surface area contributed by atoms with Crippen molar-refractivity contribution in [3.05, 3.63) is 76.7 Å². The predicted octanol–water partition coefficient (Wildman–Crippen LogP) is 5.28. The van der Waals surface area contributed by atoms with Gasteiger partial charge in [-0.15, -0.1) is 0 Å². The maximum absolute atomic E-state index is 13.7. The molecule has 0 unspecified atom stereocenters. The van der Waals surface area contributed by atoms with E-state index in [1.54, 1.807) is 0 Å². The summed E-state index contributed by atoms with van der Waals surface area (Å²) in [4.78, 5) is 15.7. The van der Waals surface area contributed by atoms with Crippen molar-refractivity contribution in [3.8, 4) is 5.75 Å². The summed E-state index contributed by atoms with van der Waals surface area (Å²) in [6.45, 7) is 9.75. The lowest BCUT2D eigenvalue weighted by Crippen LogP contribution is -2.44. The summed E-state index contributed by atoms with van der Waals surface area (Å²) in [5, 5.41) is 7.59. The van der Waals surface area contributed by atoms with Crippen molar-refractivity contribution in [1.29, 1.82) is 0 Å². The van der Waals surface area contributed by atoms with Crippen molar-refractivity contribution >= 4 is 11.6 Å². The largest absolute Gasteiger partial charge is 0.491 e. The molecule has 1 amide bonds. The van der Waals surface area contributed by atoms with Gasteiger partial charge in [-0.05, 0) is 43.9 Å². The molecule has 2 aromatic carbocycles. The molecule has 1 aliphatic heterocycles. The van der Waals surface area contributed by atoms with Gasteiger partial charge < -0.3 is 19.5 Å². The third-order valence-electron chi connectivity index (χ3n) is 6.24. The van der Waals surface area contributed by atoms with Crippen LogP contribution in [-0.2, 0) is 24.3 Å². The number of anilines is 1. The zero-order valence-electron chi connectivity index (χ0n) is 19.9. The van der Waals surface area contributed by atoms with Crippen molar-refractivity contribution in [1.82, 2.24) is 10.1 Å². The van der Waals surface area contributed by atoms with Crippen LogP contribution in [0.5, 0.6) is 5.75 Å². The average molecular weight is 448 g/mol. The van der Waals surface area contributed by atoms with Gasteiger partial charge >= 0.3 is 0 Å². The maximum Gasteiger partial charge on any atom is 0.227 e. The first kappa shape index (κ1) is 22.9. The van der Waals surface area contributed by atoms with Crippen LogP contribution in [0.4, 0.5) is 5.69 Å². The molecule has 3 aromatic rings. The Kier molecular flexibility index (Phi) is 7.02. The van der Waals surface area contributed by atoms with E-state index in [2.05, 4.69) is 42.5 Å². The number of hydrogen-bond donors (Lipinski definition) is 1. The van der Waals surface area contributed by atoms with Gasteiger partial charge in [-0.2, -0.15) is 0 Å². The number of fused-ring (bicyclic) bond motifs is 2. The Bertz CT molecular complexity index is 1090. The fraction of sp³-hybridized carbons (Fsp3) is 0.407. The Labute approximate surface area is 195 Å². The number of hydrogen-bond acceptors (Lipinski definition) is 5. The zero-order valence-corrected chi connectivity index (χ0v) is 19.9. The number of aromatic nitrogens is 1. The standard InChI is InChI=1S/C27H33N3O3/c1-18(2)13-23-17-32-26-12-8-6-9-21(26)15-28-25-11-7-5-10-22(25)16-30(23)27(31)14-24-19(3)29-33-20(24)4/h5-12,18,23,28H,13-17H2,1-4H3/t23-/m0/s1. The highest BCUT2D eigenvalue weighted by molar-refractivity contribution is 5.80. The molecule has 1 aliphatic rings. The second-order valence-corrected chi connectivity index (χ2v) is 9.21. The normalized spacial score (nSPS) is 16.3. The number of para-hydroxylation sites is 2. The molecule has 4 rings (SSSR count). The minimum atomic E-state index is -0.0582. The van der Waals surface area contributed by atoms with Gasteiger partial charge in [-0.1, -0.05) is 55.4 Å². The summed E-state index contributed by atoms with van der Waals surface area (Å²) < 4.78 is 11.6. The Morgan fingerprint density at radius 1 is 1.12 bits per heavy atom. The van der Waals surface area contributed by atoms with Crippen molar-refractivity contribution < 1.29 is 14.1 Å². The summed E-state index contributed by atoms with van der Waals surface area (Å²) in [5.74, 6) is 2.03. The summed E-state index contributed by atoms with van der Waals surface area (Å²) in [6, 6.07) is 16.3. The molecule has 2 heterocycles. The van der Waals surface area contributed by atoms with Gasteiger partial charge in [0.25, 0.3) is 0 Å². The zero-order chi connectivity index (χ0) is 23.4. The Morgan fingerprint density at radius 3 is 2.58 bits per heavy atom. The molecule has 1 atom stereocenters. The minimum Gasteiger partial charge on any atom is -0.491 e. The van der Waals surface area contributed by atoms with Crippen LogP contribution in [0.2, 0.25) is 0 Å². The van der Waals surface area contributed by atoms with Crippen LogP contribution in [0.15, 0.2) is 53.1 Å². The smallest absolute Gasteiger partial charge is 0.227 e. The highest BCUT2D eigenvalue weighted by Gasteiger charge is 2.28. The molecular formula is C27H33N3O3. The number of benzene rings is 2. The van der Waals surface area contributed by atoms with E-state index in [1.807, 2.05) is 49.1 Å². The van der Waals surface area contributed by atoms with Crippen LogP contribution < -0.4 is 10.1 Å². The quantitative estimate of drug-likeness (QED) is 0.589. The lowest BCUT2D eigenvalue weighted by molar-refractivity contribution is -0.134. The lowest BCUT2D eigenvalue weighted by atomic mass is 10.0. The van der Waals surface area contributed by atoms with Gasteiger partial charge in [0.2, 0.25) is 5.91 Å². The third-order valence-corrected chi connectivity index (χ3v) is 6.24. The van der Waals surface area contributed by atoms with Gasteiger partial charge in [-0.3, -0.25) is 4.79 Å². The molecule has 6 heteroatoms. The number of nitrogens with one attached hydrogen (secondary N) is 1. The molecule has 0 radical (unpaired) electrons. The van der Waals surface area contributed by atoms with Crippen LogP contribution in [-0.4, -0.2) is 28.6 Å². The highest BCUT2D eigenvalue weighted by atomic mass is 16.5. The minimum absolute atomic E-state index is 0.0565. The Hall–Kier alpha value is -3.28. The number of aryl methyl sites for hydroxylation is 2. The van der Waals surface area contributed by atoms with Crippen molar-refractivity contribution in [2.24, 2.45) is 5.92 Å². The van der Waals surface area contributed by atoms with Crippen molar-refractivity contribution in [2.75, 3.05) is 11.9 Å². The molecule has 0 bridgehead atoms. The van der Waals surface area contributed by atoms with E-state index in [-0.39, 0.29) is 18.4 Å². The Morgan fingerprint density at radius 2 is 1.85 bits per heavy atom. The third kappa shape index (κ3) is 5.38. The second-order valence-electron chi connectivity index (χ2n) is 9.21. The molecule has 0 spiro atoms. The van der Waals surface area contributed by atoms with Crippen molar-refractivity contribution in [3.63, 3.8) is 0 Å². The number of carbonyl (C=O) groups excluding carboxylic acids is 1. The SMILES string of the molecule is Cc1noc(C)c1CC(=O)N1Cc2ccccc2NCc2ccccc2OC[C@@H]1CC(C)C. The van der Waals surface area contributed by atoms with E-state index < -0.39 is 0 Å². The molecule has 0 saturated carbocycles. The topological polar surface area (TPSA) is 67.6 Å². The first-order chi connectivity index (χ1) is 15.9. The van der Waals surface area contributed by atoms with E-state index in [0.29, 0.717) is 31.4 Å². The van der Waals surface area contributed by atoms with E-state index in [0.717, 1.165) is 40.2 Å². The number of amides is 1. The van der Waals surface area contributed by atoms with Gasteiger partial charge in [0.15, 0.2) is 0 Å². The lowest BCUT2D eigenvalue weighted by Gasteiger charge is -2.33. The Balaban J connectivity index is 1.73.